The van der Waals surface area contributed by atoms with Gasteiger partial charge in [0.05, 0.1) is 42.7 Å². The van der Waals surface area contributed by atoms with Crippen molar-refractivity contribution >= 4 is 29.9 Å². The highest BCUT2D eigenvalue weighted by Crippen LogP contribution is 2.40. The number of aliphatic imine (C=N–C) groups is 1. The van der Waals surface area contributed by atoms with Gasteiger partial charge in [0.25, 0.3) is 0 Å². The molecule has 0 radical (unpaired) electrons. The van der Waals surface area contributed by atoms with E-state index in [0.29, 0.717) is 53.5 Å². The molecule has 0 spiro atoms. The summed E-state index contributed by atoms with van der Waals surface area (Å²) in [5.41, 5.74) is 1.84. The Balaban J connectivity index is 0.00000512. The predicted molar refractivity (Wildman–Crippen MR) is 135 cm³/mol. The number of benzene rings is 2. The molecule has 178 valence electrons. The van der Waals surface area contributed by atoms with E-state index >= 15 is 0 Å². The molecular formula is C22H32IN3O6. The summed E-state index contributed by atoms with van der Waals surface area (Å²) in [6.07, 6.45) is 0. The van der Waals surface area contributed by atoms with Gasteiger partial charge in [-0.1, -0.05) is 0 Å². The van der Waals surface area contributed by atoms with Crippen LogP contribution in [0.1, 0.15) is 11.1 Å². The van der Waals surface area contributed by atoms with Crippen molar-refractivity contribution in [1.82, 2.24) is 10.6 Å². The van der Waals surface area contributed by atoms with Gasteiger partial charge >= 0.3 is 0 Å². The molecule has 0 unspecified atom stereocenters. The van der Waals surface area contributed by atoms with E-state index in [9.17, 15) is 0 Å². The number of guanidine groups is 1. The number of rotatable bonds is 10. The molecule has 0 saturated carbocycles. The maximum absolute atomic E-state index is 5.53. The zero-order valence-corrected chi connectivity index (χ0v) is 21.9. The number of methoxy groups -OCH3 is 6. The quantitative estimate of drug-likeness (QED) is 0.260. The van der Waals surface area contributed by atoms with Crippen molar-refractivity contribution in [3.8, 4) is 34.5 Å². The molecule has 0 saturated heterocycles. The van der Waals surface area contributed by atoms with Gasteiger partial charge in [0.1, 0.15) is 0 Å². The van der Waals surface area contributed by atoms with Crippen molar-refractivity contribution in [1.29, 1.82) is 0 Å². The van der Waals surface area contributed by atoms with Gasteiger partial charge in [0.2, 0.25) is 11.5 Å². The van der Waals surface area contributed by atoms with Crippen LogP contribution in [-0.4, -0.2) is 55.7 Å². The molecule has 0 amide bonds. The highest BCUT2D eigenvalue weighted by molar-refractivity contribution is 14.0. The summed E-state index contributed by atoms with van der Waals surface area (Å²) >= 11 is 0. The maximum Gasteiger partial charge on any atom is 0.203 e. The Morgan fingerprint density at radius 3 is 1.69 bits per heavy atom. The van der Waals surface area contributed by atoms with Crippen LogP contribution in [0.15, 0.2) is 29.3 Å². The van der Waals surface area contributed by atoms with Gasteiger partial charge < -0.3 is 39.1 Å². The second-order valence-electron chi connectivity index (χ2n) is 6.31. The first-order valence-corrected chi connectivity index (χ1v) is 9.57. The lowest BCUT2D eigenvalue weighted by Crippen LogP contribution is -2.36. The Labute approximate surface area is 206 Å². The van der Waals surface area contributed by atoms with Crippen LogP contribution in [-0.2, 0) is 13.1 Å². The minimum absolute atomic E-state index is 0. The number of nitrogens with zero attached hydrogens (tertiary/aromatic N) is 1. The molecular weight excluding hydrogens is 529 g/mol. The number of nitrogens with one attached hydrogen (secondary N) is 2. The van der Waals surface area contributed by atoms with Crippen molar-refractivity contribution in [2.24, 2.45) is 4.99 Å². The lowest BCUT2D eigenvalue weighted by molar-refractivity contribution is 0.322. The molecule has 2 aromatic rings. The van der Waals surface area contributed by atoms with Gasteiger partial charge in [-0.15, -0.1) is 24.0 Å². The summed E-state index contributed by atoms with van der Waals surface area (Å²) in [7, 11) is 11.2. The molecule has 0 aliphatic rings. The highest BCUT2D eigenvalue weighted by atomic mass is 127. The van der Waals surface area contributed by atoms with Crippen LogP contribution in [0.4, 0.5) is 0 Å². The average molecular weight is 561 g/mol. The van der Waals surface area contributed by atoms with Gasteiger partial charge in [-0.25, -0.2) is 0 Å². The number of ether oxygens (including phenoxy) is 6. The smallest absolute Gasteiger partial charge is 0.203 e. The monoisotopic (exact) mass is 561 g/mol. The maximum atomic E-state index is 5.53. The van der Waals surface area contributed by atoms with Crippen LogP contribution in [0.25, 0.3) is 0 Å². The Kier molecular flexibility index (Phi) is 11.6. The fourth-order valence-corrected chi connectivity index (χ4v) is 3.13. The van der Waals surface area contributed by atoms with E-state index in [1.807, 2.05) is 24.3 Å². The van der Waals surface area contributed by atoms with Gasteiger partial charge in [-0.05, 0) is 29.8 Å². The standard InChI is InChI=1S/C22H31N3O6.HI/c1-23-22(24-12-14-10-17(27-3)20(30-6)18(11-14)28-4)25-13-15-8-9-16(26-2)21(31-7)19(15)29-5;/h8-11H,12-13H2,1-7H3,(H2,23,24,25);1H. The summed E-state index contributed by atoms with van der Waals surface area (Å²) in [5, 5.41) is 6.55. The van der Waals surface area contributed by atoms with E-state index in [-0.39, 0.29) is 24.0 Å². The van der Waals surface area contributed by atoms with Crippen molar-refractivity contribution in [3.63, 3.8) is 0 Å². The lowest BCUT2D eigenvalue weighted by Gasteiger charge is -2.18. The topological polar surface area (TPSA) is 91.8 Å². The molecule has 0 aromatic heterocycles. The lowest BCUT2D eigenvalue weighted by atomic mass is 10.1. The second kappa shape index (κ2) is 13.6. The number of halogens is 1. The van der Waals surface area contributed by atoms with E-state index in [1.54, 1.807) is 49.7 Å². The molecule has 32 heavy (non-hydrogen) atoms. The molecule has 2 rings (SSSR count). The minimum Gasteiger partial charge on any atom is -0.493 e. The first-order chi connectivity index (χ1) is 15.1. The molecule has 2 aromatic carbocycles. The third-order valence-corrected chi connectivity index (χ3v) is 4.64. The zero-order valence-electron chi connectivity index (χ0n) is 19.5. The molecule has 9 nitrogen and oxygen atoms in total. The van der Waals surface area contributed by atoms with Crippen LogP contribution < -0.4 is 39.1 Å². The Bertz CT molecular complexity index is 882. The van der Waals surface area contributed by atoms with Crippen molar-refractivity contribution in [2.75, 3.05) is 49.7 Å². The minimum atomic E-state index is 0. The fourth-order valence-electron chi connectivity index (χ4n) is 3.13. The highest BCUT2D eigenvalue weighted by Gasteiger charge is 2.16. The summed E-state index contributed by atoms with van der Waals surface area (Å²) < 4.78 is 32.5. The first-order valence-electron chi connectivity index (χ1n) is 9.57. The normalized spacial score (nSPS) is 10.5. The fraction of sp³-hybridized carbons (Fsp3) is 0.409. The zero-order chi connectivity index (χ0) is 22.8. The third-order valence-electron chi connectivity index (χ3n) is 4.64. The number of hydrogen-bond acceptors (Lipinski definition) is 7. The van der Waals surface area contributed by atoms with Gasteiger partial charge in [-0.3, -0.25) is 4.99 Å². The Morgan fingerprint density at radius 1 is 0.688 bits per heavy atom. The SMILES string of the molecule is CN=C(NCc1cc(OC)c(OC)c(OC)c1)NCc1ccc(OC)c(OC)c1OC.I. The molecule has 0 fully saturated rings. The van der Waals surface area contributed by atoms with Crippen LogP contribution >= 0.6 is 24.0 Å². The van der Waals surface area contributed by atoms with E-state index < -0.39 is 0 Å². The summed E-state index contributed by atoms with van der Waals surface area (Å²) in [4.78, 5) is 4.28. The predicted octanol–water partition coefficient (Wildman–Crippen LogP) is 3.22. The molecule has 10 heteroatoms. The van der Waals surface area contributed by atoms with Crippen molar-refractivity contribution in [2.45, 2.75) is 13.1 Å². The summed E-state index contributed by atoms with van der Waals surface area (Å²) in [6.45, 7) is 0.970. The first kappa shape index (κ1) is 27.3. The van der Waals surface area contributed by atoms with E-state index in [1.165, 1.54) is 0 Å². The van der Waals surface area contributed by atoms with E-state index in [0.717, 1.165) is 11.1 Å². The molecule has 2 N–H and O–H groups in total. The summed E-state index contributed by atoms with van der Waals surface area (Å²) in [5.74, 6) is 4.11. The molecule has 0 bridgehead atoms. The molecule has 0 heterocycles. The molecule has 0 aliphatic carbocycles. The van der Waals surface area contributed by atoms with E-state index in [4.69, 9.17) is 28.4 Å². The summed E-state index contributed by atoms with van der Waals surface area (Å²) in [6, 6.07) is 7.53. The molecule has 0 atom stereocenters. The van der Waals surface area contributed by atoms with Gasteiger partial charge in [0.15, 0.2) is 29.0 Å². The van der Waals surface area contributed by atoms with Crippen LogP contribution in [0.3, 0.4) is 0 Å². The van der Waals surface area contributed by atoms with Crippen LogP contribution in [0.5, 0.6) is 34.5 Å². The van der Waals surface area contributed by atoms with E-state index in [2.05, 4.69) is 15.6 Å². The Hall–Kier alpha value is -2.76. The third kappa shape index (κ3) is 6.38. The van der Waals surface area contributed by atoms with Crippen LogP contribution in [0, 0.1) is 0 Å². The van der Waals surface area contributed by atoms with Crippen molar-refractivity contribution < 1.29 is 28.4 Å². The van der Waals surface area contributed by atoms with Gasteiger partial charge in [-0.2, -0.15) is 0 Å². The Morgan fingerprint density at radius 2 is 1.22 bits per heavy atom. The average Bonchev–Trinajstić information content (AvgIpc) is 2.82. The van der Waals surface area contributed by atoms with Gasteiger partial charge in [0, 0.05) is 25.7 Å². The van der Waals surface area contributed by atoms with Crippen LogP contribution in [0.2, 0.25) is 0 Å². The second-order valence-corrected chi connectivity index (χ2v) is 6.31. The van der Waals surface area contributed by atoms with Crippen molar-refractivity contribution in [3.05, 3.63) is 35.4 Å². The number of hydrogen-bond donors (Lipinski definition) is 2. The molecule has 0 aliphatic heterocycles. The largest absolute Gasteiger partial charge is 0.493 e.